The zero-order valence-corrected chi connectivity index (χ0v) is 16.6. The topological polar surface area (TPSA) is 116 Å². The van der Waals surface area contributed by atoms with Gasteiger partial charge in [0.15, 0.2) is 6.61 Å². The Morgan fingerprint density at radius 2 is 1.74 bits per heavy atom. The van der Waals surface area contributed by atoms with Gasteiger partial charge in [-0.2, -0.15) is 26.3 Å². The summed E-state index contributed by atoms with van der Waals surface area (Å²) in [5.41, 5.74) is -3.29. The van der Waals surface area contributed by atoms with Crippen molar-refractivity contribution in [1.29, 1.82) is 0 Å². The number of fused-ring (bicyclic) bond motifs is 1. The quantitative estimate of drug-likeness (QED) is 0.240. The van der Waals surface area contributed by atoms with Crippen molar-refractivity contribution in [2.75, 3.05) is 11.9 Å². The number of alkyl halides is 6. The first-order valence-electron chi connectivity index (χ1n) is 9.11. The summed E-state index contributed by atoms with van der Waals surface area (Å²) in [5, 5.41) is 12.5. The lowest BCUT2D eigenvalue weighted by molar-refractivity contribution is -0.385. The molecule has 0 aliphatic heterocycles. The first-order valence-corrected chi connectivity index (χ1v) is 9.11. The fourth-order valence-corrected chi connectivity index (χ4v) is 2.95. The highest BCUT2D eigenvalue weighted by Gasteiger charge is 2.38. The fraction of sp³-hybridized carbons (Fsp3) is 0.211. The second kappa shape index (κ2) is 8.99. The van der Waals surface area contributed by atoms with Gasteiger partial charge in [0.2, 0.25) is 5.82 Å². The first-order chi connectivity index (χ1) is 15.8. The van der Waals surface area contributed by atoms with Gasteiger partial charge in [0.25, 0.3) is 11.6 Å². The summed E-state index contributed by atoms with van der Waals surface area (Å²) in [7, 11) is 0. The lowest BCUT2D eigenvalue weighted by Crippen LogP contribution is -2.25. The van der Waals surface area contributed by atoms with Crippen LogP contribution in [0.15, 0.2) is 42.5 Å². The Balaban J connectivity index is 1.71. The van der Waals surface area contributed by atoms with Gasteiger partial charge in [-0.25, -0.2) is 4.98 Å². The van der Waals surface area contributed by atoms with Gasteiger partial charge in [-0.05, 0) is 18.2 Å². The van der Waals surface area contributed by atoms with Gasteiger partial charge in [0.05, 0.1) is 27.2 Å². The molecule has 1 aromatic heterocycles. The number of para-hydroxylation sites is 2. The van der Waals surface area contributed by atoms with Crippen LogP contribution in [0.4, 0.5) is 37.7 Å². The van der Waals surface area contributed by atoms with Crippen molar-refractivity contribution >= 4 is 34.3 Å². The van der Waals surface area contributed by atoms with E-state index in [1.165, 1.54) is 24.3 Å². The zero-order chi connectivity index (χ0) is 25.3. The normalized spacial score (nSPS) is 11.9. The number of imidazole rings is 1. The number of hydrogen-bond acceptors (Lipinski definition) is 6. The van der Waals surface area contributed by atoms with Gasteiger partial charge in [0, 0.05) is 12.1 Å². The van der Waals surface area contributed by atoms with E-state index >= 15 is 0 Å². The van der Waals surface area contributed by atoms with E-state index in [1.807, 2.05) is 0 Å². The number of hydrogen-bond donors (Lipinski definition) is 1. The molecule has 0 saturated heterocycles. The van der Waals surface area contributed by atoms with Crippen LogP contribution >= 0.6 is 0 Å². The van der Waals surface area contributed by atoms with Crippen LogP contribution in [0.25, 0.3) is 11.0 Å². The molecule has 0 saturated carbocycles. The molecule has 0 aliphatic rings. The largest absolute Gasteiger partial charge is 0.454 e. The molecule has 180 valence electrons. The molecular formula is C19H12F6N4O5. The van der Waals surface area contributed by atoms with Crippen molar-refractivity contribution < 1.29 is 45.6 Å². The minimum absolute atomic E-state index is 0.0306. The maximum atomic E-state index is 13.3. The van der Waals surface area contributed by atoms with Crippen LogP contribution < -0.4 is 5.32 Å². The number of nitrogens with one attached hydrogen (secondary N) is 1. The minimum Gasteiger partial charge on any atom is -0.454 e. The van der Waals surface area contributed by atoms with Crippen molar-refractivity contribution in [3.05, 3.63) is 64.0 Å². The number of amides is 1. The molecule has 0 radical (unpaired) electrons. The van der Waals surface area contributed by atoms with Gasteiger partial charge >= 0.3 is 18.3 Å². The van der Waals surface area contributed by atoms with Crippen LogP contribution in [0, 0.1) is 10.1 Å². The SMILES string of the molecule is O=C(COC(=O)Cn1c(C(F)(F)F)nc2ccccc21)Nc1ccc([N+](=O)[O-])cc1C(F)(F)F. The Kier molecular flexibility index (Phi) is 6.47. The molecule has 0 fully saturated rings. The van der Waals surface area contributed by atoms with E-state index in [4.69, 9.17) is 0 Å². The summed E-state index contributed by atoms with van der Waals surface area (Å²) in [5.74, 6) is -3.92. The monoisotopic (exact) mass is 490 g/mol. The van der Waals surface area contributed by atoms with Gasteiger partial charge in [0.1, 0.15) is 6.54 Å². The van der Waals surface area contributed by atoms with Crippen molar-refractivity contribution in [2.45, 2.75) is 18.9 Å². The van der Waals surface area contributed by atoms with E-state index in [0.717, 1.165) is 6.07 Å². The number of nitro benzene ring substituents is 1. The van der Waals surface area contributed by atoms with Crippen LogP contribution in [-0.4, -0.2) is 33.0 Å². The predicted octanol–water partition coefficient (Wildman–Crippen LogP) is 4.16. The highest BCUT2D eigenvalue weighted by molar-refractivity contribution is 5.93. The van der Waals surface area contributed by atoms with Crippen molar-refractivity contribution in [3.63, 3.8) is 0 Å². The van der Waals surface area contributed by atoms with Crippen molar-refractivity contribution in [1.82, 2.24) is 9.55 Å². The minimum atomic E-state index is -5.05. The standard InChI is InChI=1S/C19H12F6N4O5/c20-18(21,22)11-7-10(29(32)33)5-6-12(11)26-15(30)9-34-16(31)8-28-14-4-2-1-3-13(14)27-17(28)19(23,24)25/h1-7H,8-9H2,(H,26,30). The van der Waals surface area contributed by atoms with Crippen LogP contribution in [0.5, 0.6) is 0 Å². The second-order valence-electron chi connectivity index (χ2n) is 6.70. The Bertz CT molecular complexity index is 1270. The molecule has 15 heteroatoms. The van der Waals surface area contributed by atoms with Crippen LogP contribution in [0.1, 0.15) is 11.4 Å². The number of nitro groups is 1. The lowest BCUT2D eigenvalue weighted by atomic mass is 10.1. The Morgan fingerprint density at radius 1 is 1.06 bits per heavy atom. The summed E-state index contributed by atoms with van der Waals surface area (Å²) in [4.78, 5) is 37.1. The number of nitrogens with zero attached hydrogens (tertiary/aromatic N) is 3. The van der Waals surface area contributed by atoms with Crippen molar-refractivity contribution in [2.24, 2.45) is 0 Å². The fourth-order valence-electron chi connectivity index (χ4n) is 2.95. The summed E-state index contributed by atoms with van der Waals surface area (Å²) in [6.07, 6.45) is -9.96. The molecule has 3 aromatic rings. The highest BCUT2D eigenvalue weighted by Crippen LogP contribution is 2.37. The number of aromatic nitrogens is 2. The van der Waals surface area contributed by atoms with Crippen LogP contribution in [0.3, 0.4) is 0 Å². The summed E-state index contributed by atoms with van der Waals surface area (Å²) in [6.45, 7) is -2.10. The molecule has 2 aromatic carbocycles. The summed E-state index contributed by atoms with van der Waals surface area (Å²) < 4.78 is 84.5. The third kappa shape index (κ3) is 5.41. The maximum Gasteiger partial charge on any atom is 0.449 e. The van der Waals surface area contributed by atoms with E-state index in [1.54, 1.807) is 5.32 Å². The predicted molar refractivity (Wildman–Crippen MR) is 102 cm³/mol. The van der Waals surface area contributed by atoms with Crippen molar-refractivity contribution in [3.8, 4) is 0 Å². The smallest absolute Gasteiger partial charge is 0.449 e. The number of carbonyl (C=O) groups is 2. The molecule has 0 unspecified atom stereocenters. The molecule has 0 aliphatic carbocycles. The summed E-state index contributed by atoms with van der Waals surface area (Å²) >= 11 is 0. The van der Waals surface area contributed by atoms with Gasteiger partial charge in [-0.3, -0.25) is 19.7 Å². The zero-order valence-electron chi connectivity index (χ0n) is 16.6. The number of halogens is 6. The lowest BCUT2D eigenvalue weighted by Gasteiger charge is -2.14. The number of benzene rings is 2. The number of carbonyl (C=O) groups excluding carboxylic acids is 2. The number of anilines is 1. The van der Waals surface area contributed by atoms with E-state index in [9.17, 15) is 46.0 Å². The molecule has 1 heterocycles. The molecule has 1 amide bonds. The molecule has 1 N–H and O–H groups in total. The Labute approximate surface area is 185 Å². The molecule has 0 atom stereocenters. The second-order valence-corrected chi connectivity index (χ2v) is 6.70. The first kappa shape index (κ1) is 24.5. The van der Waals surface area contributed by atoms with Gasteiger partial charge < -0.3 is 14.6 Å². The third-order valence-corrected chi connectivity index (χ3v) is 4.35. The molecular weight excluding hydrogens is 478 g/mol. The third-order valence-electron chi connectivity index (χ3n) is 4.35. The number of rotatable bonds is 6. The molecule has 0 spiro atoms. The Morgan fingerprint density at radius 3 is 2.35 bits per heavy atom. The average Bonchev–Trinajstić information content (AvgIpc) is 3.10. The number of ether oxygens (including phenoxy) is 1. The highest BCUT2D eigenvalue weighted by atomic mass is 19.4. The maximum absolute atomic E-state index is 13.3. The van der Waals surface area contributed by atoms with E-state index < -0.39 is 65.1 Å². The average molecular weight is 490 g/mol. The van der Waals surface area contributed by atoms with Crippen LogP contribution in [0.2, 0.25) is 0 Å². The van der Waals surface area contributed by atoms with Gasteiger partial charge in [-0.15, -0.1) is 0 Å². The number of non-ortho nitro benzene ring substituents is 1. The van der Waals surface area contributed by atoms with Crippen LogP contribution in [-0.2, 0) is 33.2 Å². The van der Waals surface area contributed by atoms with E-state index in [-0.39, 0.29) is 17.1 Å². The van der Waals surface area contributed by atoms with E-state index in [2.05, 4.69) is 9.72 Å². The Hall–Kier alpha value is -4.17. The molecule has 3 rings (SSSR count). The molecule has 34 heavy (non-hydrogen) atoms. The molecule has 0 bridgehead atoms. The van der Waals surface area contributed by atoms with Gasteiger partial charge in [-0.1, -0.05) is 12.1 Å². The molecule has 9 nitrogen and oxygen atoms in total. The summed E-state index contributed by atoms with van der Waals surface area (Å²) in [6, 6.07) is 7.02. The van der Waals surface area contributed by atoms with E-state index in [0.29, 0.717) is 10.6 Å². The number of esters is 1.